The minimum absolute atomic E-state index is 0.486. The van der Waals surface area contributed by atoms with E-state index in [1.807, 2.05) is 13.1 Å². The third kappa shape index (κ3) is 2.38. The number of ether oxygens (including phenoxy) is 1. The summed E-state index contributed by atoms with van der Waals surface area (Å²) in [6.07, 6.45) is 1.20. The van der Waals surface area contributed by atoms with Crippen molar-refractivity contribution in [1.29, 1.82) is 0 Å². The zero-order valence-corrected chi connectivity index (χ0v) is 11.3. The molecular weight excluding hydrogens is 244 g/mol. The zero-order chi connectivity index (χ0) is 14.0. The third-order valence-electron chi connectivity index (χ3n) is 4.03. The Kier molecular flexibility index (Phi) is 3.66. The standard InChI is InChI=1S/C14H20N2O3/c1-16-7-5-14(6-8-16,13(17)18)10-3-4-12(19-2)11(15)9-10/h3-4,9H,5-8,15H2,1-2H3,(H,17,18). The van der Waals surface area contributed by atoms with Crippen LogP contribution in [0, 0.1) is 0 Å². The Labute approximate surface area is 113 Å². The topological polar surface area (TPSA) is 75.8 Å². The quantitative estimate of drug-likeness (QED) is 0.805. The molecule has 0 aliphatic carbocycles. The normalized spacial score (nSPS) is 19.1. The average Bonchev–Trinajstić information content (AvgIpc) is 2.39. The van der Waals surface area contributed by atoms with Crippen LogP contribution in [-0.2, 0) is 10.2 Å². The van der Waals surface area contributed by atoms with Gasteiger partial charge in [-0.3, -0.25) is 4.79 Å². The molecule has 3 N–H and O–H groups in total. The van der Waals surface area contributed by atoms with Crippen molar-refractivity contribution in [3.05, 3.63) is 23.8 Å². The van der Waals surface area contributed by atoms with E-state index in [4.69, 9.17) is 10.5 Å². The second kappa shape index (κ2) is 5.09. The minimum Gasteiger partial charge on any atom is -0.495 e. The summed E-state index contributed by atoms with van der Waals surface area (Å²) in [6.45, 7) is 1.55. The maximum Gasteiger partial charge on any atom is 0.314 e. The number of piperidine rings is 1. The van der Waals surface area contributed by atoms with Gasteiger partial charge in [-0.05, 0) is 50.7 Å². The molecule has 19 heavy (non-hydrogen) atoms. The zero-order valence-electron chi connectivity index (χ0n) is 11.3. The van der Waals surface area contributed by atoms with Crippen LogP contribution in [0.5, 0.6) is 5.75 Å². The summed E-state index contributed by atoms with van der Waals surface area (Å²) in [5, 5.41) is 9.66. The molecule has 0 amide bonds. The lowest BCUT2D eigenvalue weighted by atomic mass is 9.72. The van der Waals surface area contributed by atoms with Crippen molar-refractivity contribution in [1.82, 2.24) is 4.90 Å². The fraction of sp³-hybridized carbons (Fsp3) is 0.500. The van der Waals surface area contributed by atoms with Gasteiger partial charge in [0.25, 0.3) is 0 Å². The first-order chi connectivity index (χ1) is 8.99. The van der Waals surface area contributed by atoms with Crippen LogP contribution in [0.3, 0.4) is 0 Å². The molecule has 1 aliphatic heterocycles. The van der Waals surface area contributed by atoms with Gasteiger partial charge in [-0.25, -0.2) is 0 Å². The number of benzene rings is 1. The second-order valence-electron chi connectivity index (χ2n) is 5.15. The highest BCUT2D eigenvalue weighted by molar-refractivity contribution is 5.82. The van der Waals surface area contributed by atoms with Gasteiger partial charge in [0.15, 0.2) is 0 Å². The first-order valence-electron chi connectivity index (χ1n) is 6.35. The summed E-state index contributed by atoms with van der Waals surface area (Å²) >= 11 is 0. The number of nitrogens with two attached hydrogens (primary N) is 1. The average molecular weight is 264 g/mol. The van der Waals surface area contributed by atoms with E-state index in [1.165, 1.54) is 0 Å². The van der Waals surface area contributed by atoms with Crippen LogP contribution < -0.4 is 10.5 Å². The van der Waals surface area contributed by atoms with E-state index in [2.05, 4.69) is 4.90 Å². The van der Waals surface area contributed by atoms with Crippen molar-refractivity contribution in [2.24, 2.45) is 0 Å². The highest BCUT2D eigenvalue weighted by Crippen LogP contribution is 2.38. The SMILES string of the molecule is COc1ccc(C2(C(=O)O)CCN(C)CC2)cc1N. The van der Waals surface area contributed by atoms with Crippen LogP contribution in [0.1, 0.15) is 18.4 Å². The number of hydrogen-bond acceptors (Lipinski definition) is 4. The van der Waals surface area contributed by atoms with Crippen LogP contribution in [0.15, 0.2) is 18.2 Å². The molecule has 1 heterocycles. The number of nitrogen functional groups attached to an aromatic ring is 1. The Morgan fingerprint density at radius 1 is 1.42 bits per heavy atom. The van der Waals surface area contributed by atoms with Crippen LogP contribution in [-0.4, -0.2) is 43.2 Å². The number of likely N-dealkylation sites (tertiary alicyclic amines) is 1. The van der Waals surface area contributed by atoms with Crippen molar-refractivity contribution in [2.75, 3.05) is 33.0 Å². The van der Waals surface area contributed by atoms with Gasteiger partial charge in [0.2, 0.25) is 0 Å². The Hall–Kier alpha value is -1.75. The molecule has 0 atom stereocenters. The Balaban J connectivity index is 2.40. The van der Waals surface area contributed by atoms with Crippen LogP contribution in [0.25, 0.3) is 0 Å². The first kappa shape index (κ1) is 13.7. The highest BCUT2D eigenvalue weighted by atomic mass is 16.5. The van der Waals surface area contributed by atoms with Crippen molar-refractivity contribution in [2.45, 2.75) is 18.3 Å². The fourth-order valence-corrected chi connectivity index (χ4v) is 2.66. The molecule has 0 radical (unpaired) electrons. The van der Waals surface area contributed by atoms with Crippen molar-refractivity contribution < 1.29 is 14.6 Å². The molecule has 2 rings (SSSR count). The van der Waals surface area contributed by atoms with Crippen molar-refractivity contribution in [3.8, 4) is 5.75 Å². The number of carbonyl (C=O) groups is 1. The van der Waals surface area contributed by atoms with Gasteiger partial charge in [0.1, 0.15) is 5.75 Å². The van der Waals surface area contributed by atoms with Gasteiger partial charge in [0, 0.05) is 0 Å². The lowest BCUT2D eigenvalue weighted by molar-refractivity contribution is -0.145. The van der Waals surface area contributed by atoms with E-state index in [1.54, 1.807) is 19.2 Å². The summed E-state index contributed by atoms with van der Waals surface area (Å²) in [5.74, 6) is -0.192. The van der Waals surface area contributed by atoms with Crippen LogP contribution >= 0.6 is 0 Å². The van der Waals surface area contributed by atoms with E-state index in [9.17, 15) is 9.90 Å². The number of carboxylic acids is 1. The summed E-state index contributed by atoms with van der Waals surface area (Å²) in [6, 6.07) is 5.29. The van der Waals surface area contributed by atoms with Crippen molar-refractivity contribution >= 4 is 11.7 Å². The van der Waals surface area contributed by atoms with E-state index >= 15 is 0 Å². The monoisotopic (exact) mass is 264 g/mol. The van der Waals surface area contributed by atoms with E-state index < -0.39 is 11.4 Å². The van der Waals surface area contributed by atoms with E-state index in [0.29, 0.717) is 24.3 Å². The molecule has 1 fully saturated rings. The van der Waals surface area contributed by atoms with Crippen LogP contribution in [0.2, 0.25) is 0 Å². The molecule has 0 saturated carbocycles. The number of methoxy groups -OCH3 is 1. The first-order valence-corrected chi connectivity index (χ1v) is 6.35. The summed E-state index contributed by atoms with van der Waals surface area (Å²) in [5.41, 5.74) is 6.33. The second-order valence-corrected chi connectivity index (χ2v) is 5.15. The molecule has 1 aliphatic rings. The molecule has 0 bridgehead atoms. The highest BCUT2D eigenvalue weighted by Gasteiger charge is 2.42. The molecule has 104 valence electrons. The molecule has 5 nitrogen and oxygen atoms in total. The predicted molar refractivity (Wildman–Crippen MR) is 73.5 cm³/mol. The largest absolute Gasteiger partial charge is 0.495 e. The molecule has 0 spiro atoms. The van der Waals surface area contributed by atoms with Gasteiger partial charge < -0.3 is 20.5 Å². The summed E-state index contributed by atoms with van der Waals surface area (Å²) in [7, 11) is 3.56. The van der Waals surface area contributed by atoms with Crippen molar-refractivity contribution in [3.63, 3.8) is 0 Å². The number of aliphatic carboxylic acids is 1. The van der Waals surface area contributed by atoms with Gasteiger partial charge in [0.05, 0.1) is 18.2 Å². The molecule has 0 unspecified atom stereocenters. The van der Waals surface area contributed by atoms with E-state index in [0.717, 1.165) is 18.7 Å². The van der Waals surface area contributed by atoms with E-state index in [-0.39, 0.29) is 0 Å². The molecule has 0 aromatic heterocycles. The third-order valence-corrected chi connectivity index (χ3v) is 4.03. The number of hydrogen-bond donors (Lipinski definition) is 2. The number of anilines is 1. The summed E-state index contributed by atoms with van der Waals surface area (Å²) in [4.78, 5) is 13.9. The molecule has 1 aromatic carbocycles. The smallest absolute Gasteiger partial charge is 0.314 e. The molecule has 5 heteroatoms. The van der Waals surface area contributed by atoms with Gasteiger partial charge >= 0.3 is 5.97 Å². The molecular formula is C14H20N2O3. The van der Waals surface area contributed by atoms with Crippen LogP contribution in [0.4, 0.5) is 5.69 Å². The number of carboxylic acid groups (broad SMARTS) is 1. The molecule has 1 saturated heterocycles. The lowest BCUT2D eigenvalue weighted by Crippen LogP contribution is -2.46. The van der Waals surface area contributed by atoms with Gasteiger partial charge in [-0.15, -0.1) is 0 Å². The number of nitrogens with zero attached hydrogens (tertiary/aromatic N) is 1. The maximum atomic E-state index is 11.8. The Bertz CT molecular complexity index is 480. The van der Waals surface area contributed by atoms with Gasteiger partial charge in [-0.2, -0.15) is 0 Å². The molecule has 1 aromatic rings. The maximum absolute atomic E-state index is 11.8. The van der Waals surface area contributed by atoms with Gasteiger partial charge in [-0.1, -0.05) is 6.07 Å². The fourth-order valence-electron chi connectivity index (χ4n) is 2.66. The minimum atomic E-state index is -0.826. The lowest BCUT2D eigenvalue weighted by Gasteiger charge is -2.37. The predicted octanol–water partition coefficient (Wildman–Crippen LogP) is 1.33. The number of rotatable bonds is 3. The Morgan fingerprint density at radius 3 is 2.53 bits per heavy atom. The summed E-state index contributed by atoms with van der Waals surface area (Å²) < 4.78 is 5.12. The Morgan fingerprint density at radius 2 is 2.05 bits per heavy atom.